The molecule has 0 unspecified atom stereocenters. The number of likely N-dealkylation sites (tertiary alicyclic amines) is 1. The van der Waals surface area contributed by atoms with Crippen molar-refractivity contribution >= 4 is 40.0 Å². The lowest BCUT2D eigenvalue weighted by Gasteiger charge is -2.31. The number of rotatable bonds is 2. The van der Waals surface area contributed by atoms with Crippen LogP contribution in [0.25, 0.3) is 6.08 Å². The maximum Gasteiger partial charge on any atom is 0.0924 e. The molecule has 1 fully saturated rings. The van der Waals surface area contributed by atoms with Gasteiger partial charge in [0.05, 0.1) is 18.2 Å². The Hall–Kier alpha value is -0.130. The number of hydrogen-bond donors (Lipinski definition) is 1. The third-order valence-corrected chi connectivity index (χ3v) is 3.05. The average Bonchev–Trinajstić information content (AvgIpc) is 2.71. The fourth-order valence-corrected chi connectivity index (χ4v) is 2.04. The van der Waals surface area contributed by atoms with E-state index in [1.807, 2.05) is 6.20 Å². The Labute approximate surface area is 124 Å². The summed E-state index contributed by atoms with van der Waals surface area (Å²) in [5, 5.41) is 0. The highest BCUT2D eigenvalue weighted by atomic mass is 79.9. The molecule has 17 heavy (non-hydrogen) atoms. The predicted molar refractivity (Wildman–Crippen MR) is 83.2 cm³/mol. The molecular weight excluding hydrogens is 346 g/mol. The van der Waals surface area contributed by atoms with Crippen LogP contribution < -0.4 is 0 Å². The van der Waals surface area contributed by atoms with Crippen LogP contribution >= 0.6 is 34.0 Å². The van der Waals surface area contributed by atoms with Crippen molar-refractivity contribution in [1.82, 2.24) is 14.9 Å². The lowest BCUT2D eigenvalue weighted by atomic mass is 10.0. The summed E-state index contributed by atoms with van der Waals surface area (Å²) in [6.45, 7) is 6.92. The zero-order chi connectivity index (χ0) is 10.7. The fourth-order valence-electron chi connectivity index (χ4n) is 2.04. The molecule has 1 aliphatic heterocycles. The molecule has 1 N–H and O–H groups in total. The van der Waals surface area contributed by atoms with Crippen LogP contribution in [0.4, 0.5) is 0 Å². The second-order valence-electron chi connectivity index (χ2n) is 4.44. The standard InChI is InChI=1S/C12H19N3.2BrH/c1-10(2)15-5-3-11(4-6-15)7-12-8-13-9-14-12;;/h7-10H,3-6H2,1-2H3,(H,13,14);2*1H. The van der Waals surface area contributed by atoms with Crippen molar-refractivity contribution in [2.75, 3.05) is 13.1 Å². The van der Waals surface area contributed by atoms with Crippen molar-refractivity contribution in [1.29, 1.82) is 0 Å². The summed E-state index contributed by atoms with van der Waals surface area (Å²) in [6.07, 6.45) is 8.23. The number of halogens is 2. The number of imidazole rings is 1. The Bertz CT molecular complexity index is 324. The van der Waals surface area contributed by atoms with E-state index in [0.717, 1.165) is 5.69 Å². The molecule has 1 aliphatic rings. The number of H-pyrrole nitrogens is 1. The molecule has 1 saturated heterocycles. The number of aromatic amines is 1. The normalized spacial score (nSPS) is 16.3. The third kappa shape index (κ3) is 4.94. The lowest BCUT2D eigenvalue weighted by Crippen LogP contribution is -2.36. The summed E-state index contributed by atoms with van der Waals surface area (Å²) in [7, 11) is 0. The van der Waals surface area contributed by atoms with Crippen molar-refractivity contribution in [3.63, 3.8) is 0 Å². The first kappa shape index (κ1) is 16.9. The summed E-state index contributed by atoms with van der Waals surface area (Å²) in [4.78, 5) is 9.67. The molecule has 98 valence electrons. The van der Waals surface area contributed by atoms with Crippen molar-refractivity contribution in [3.05, 3.63) is 23.8 Å². The molecule has 0 amide bonds. The van der Waals surface area contributed by atoms with Crippen LogP contribution in [0.5, 0.6) is 0 Å². The van der Waals surface area contributed by atoms with Gasteiger partial charge in [0.25, 0.3) is 0 Å². The third-order valence-electron chi connectivity index (χ3n) is 3.05. The minimum Gasteiger partial charge on any atom is -0.345 e. The molecule has 0 bridgehead atoms. The van der Waals surface area contributed by atoms with Crippen LogP contribution in [0.2, 0.25) is 0 Å². The lowest BCUT2D eigenvalue weighted by molar-refractivity contribution is 0.208. The molecule has 0 spiro atoms. The predicted octanol–water partition coefficient (Wildman–Crippen LogP) is 3.45. The Morgan fingerprint density at radius 2 is 1.94 bits per heavy atom. The van der Waals surface area contributed by atoms with E-state index in [9.17, 15) is 0 Å². The number of hydrogen-bond acceptors (Lipinski definition) is 2. The molecule has 1 aromatic heterocycles. The SMILES string of the molecule is Br.Br.CC(C)N1CCC(=Cc2cnc[nH]2)CC1. The number of piperidine rings is 1. The van der Waals surface area contributed by atoms with Crippen LogP contribution in [-0.2, 0) is 0 Å². The van der Waals surface area contributed by atoms with Gasteiger partial charge in [0, 0.05) is 19.1 Å². The molecule has 0 atom stereocenters. The minimum absolute atomic E-state index is 0. The molecule has 0 saturated carbocycles. The Balaban J connectivity index is 0.00000128. The van der Waals surface area contributed by atoms with Gasteiger partial charge in [-0.05, 0) is 32.8 Å². The quantitative estimate of drug-likeness (QED) is 0.869. The van der Waals surface area contributed by atoms with E-state index in [2.05, 4.69) is 34.8 Å². The van der Waals surface area contributed by atoms with E-state index >= 15 is 0 Å². The van der Waals surface area contributed by atoms with Crippen LogP contribution in [0, 0.1) is 0 Å². The van der Waals surface area contributed by atoms with Crippen LogP contribution in [0.3, 0.4) is 0 Å². The number of aromatic nitrogens is 2. The highest BCUT2D eigenvalue weighted by molar-refractivity contribution is 8.93. The number of nitrogens with one attached hydrogen (secondary N) is 1. The average molecular weight is 367 g/mol. The first-order valence-electron chi connectivity index (χ1n) is 5.67. The van der Waals surface area contributed by atoms with E-state index in [1.54, 1.807) is 6.33 Å². The molecule has 0 aromatic carbocycles. The summed E-state index contributed by atoms with van der Waals surface area (Å²) in [5.74, 6) is 0. The van der Waals surface area contributed by atoms with E-state index in [1.165, 1.54) is 31.5 Å². The van der Waals surface area contributed by atoms with E-state index in [0.29, 0.717) is 6.04 Å². The van der Waals surface area contributed by atoms with Gasteiger partial charge in [0.2, 0.25) is 0 Å². The molecule has 2 rings (SSSR count). The summed E-state index contributed by atoms with van der Waals surface area (Å²) in [5.41, 5.74) is 2.67. The van der Waals surface area contributed by atoms with Crippen LogP contribution in [0.15, 0.2) is 18.1 Å². The smallest absolute Gasteiger partial charge is 0.0924 e. The van der Waals surface area contributed by atoms with Crippen LogP contribution in [0.1, 0.15) is 32.4 Å². The molecule has 3 nitrogen and oxygen atoms in total. The zero-order valence-corrected chi connectivity index (χ0v) is 13.8. The van der Waals surface area contributed by atoms with Gasteiger partial charge in [-0.1, -0.05) is 5.57 Å². The van der Waals surface area contributed by atoms with Gasteiger partial charge in [-0.3, -0.25) is 0 Å². The van der Waals surface area contributed by atoms with Gasteiger partial charge >= 0.3 is 0 Å². The monoisotopic (exact) mass is 365 g/mol. The van der Waals surface area contributed by atoms with E-state index < -0.39 is 0 Å². The molecule has 0 aliphatic carbocycles. The highest BCUT2D eigenvalue weighted by Gasteiger charge is 2.15. The van der Waals surface area contributed by atoms with Gasteiger partial charge < -0.3 is 9.88 Å². The van der Waals surface area contributed by atoms with E-state index in [-0.39, 0.29) is 34.0 Å². The minimum atomic E-state index is 0. The van der Waals surface area contributed by atoms with Crippen molar-refractivity contribution < 1.29 is 0 Å². The fraction of sp³-hybridized carbons (Fsp3) is 0.583. The zero-order valence-electron chi connectivity index (χ0n) is 10.3. The highest BCUT2D eigenvalue weighted by Crippen LogP contribution is 2.19. The summed E-state index contributed by atoms with van der Waals surface area (Å²) in [6, 6.07) is 0.679. The molecule has 5 heteroatoms. The van der Waals surface area contributed by atoms with E-state index in [4.69, 9.17) is 0 Å². The van der Waals surface area contributed by atoms with Gasteiger partial charge in [-0.25, -0.2) is 4.98 Å². The topological polar surface area (TPSA) is 31.9 Å². The second-order valence-corrected chi connectivity index (χ2v) is 4.44. The summed E-state index contributed by atoms with van der Waals surface area (Å²) < 4.78 is 0. The molecule has 1 aromatic rings. The summed E-state index contributed by atoms with van der Waals surface area (Å²) >= 11 is 0. The van der Waals surface area contributed by atoms with Crippen molar-refractivity contribution in [3.8, 4) is 0 Å². The largest absolute Gasteiger partial charge is 0.345 e. The Kier molecular flexibility index (Phi) is 8.00. The maximum atomic E-state index is 4.02. The first-order valence-corrected chi connectivity index (χ1v) is 5.67. The van der Waals surface area contributed by atoms with Gasteiger partial charge in [-0.2, -0.15) is 0 Å². The maximum absolute atomic E-state index is 4.02. The Morgan fingerprint density at radius 1 is 1.29 bits per heavy atom. The van der Waals surface area contributed by atoms with Gasteiger partial charge in [0.1, 0.15) is 0 Å². The number of nitrogens with zero attached hydrogens (tertiary/aromatic N) is 2. The Morgan fingerprint density at radius 3 is 2.41 bits per heavy atom. The first-order chi connectivity index (χ1) is 7.25. The molecule has 0 radical (unpaired) electrons. The van der Waals surface area contributed by atoms with Crippen molar-refractivity contribution in [2.45, 2.75) is 32.7 Å². The second kappa shape index (κ2) is 8.06. The molecular formula is C12H21Br2N3. The van der Waals surface area contributed by atoms with Crippen molar-refractivity contribution in [2.24, 2.45) is 0 Å². The molecule has 2 heterocycles. The van der Waals surface area contributed by atoms with Gasteiger partial charge in [0.15, 0.2) is 0 Å². The van der Waals surface area contributed by atoms with Crippen LogP contribution in [-0.4, -0.2) is 34.0 Å². The van der Waals surface area contributed by atoms with Gasteiger partial charge in [-0.15, -0.1) is 34.0 Å².